The van der Waals surface area contributed by atoms with Crippen molar-refractivity contribution in [1.82, 2.24) is 15.6 Å². The molecule has 142 valence electrons. The summed E-state index contributed by atoms with van der Waals surface area (Å²) in [5.41, 5.74) is 1.01. The van der Waals surface area contributed by atoms with Crippen LogP contribution in [0.1, 0.15) is 24.3 Å². The molecule has 0 aliphatic carbocycles. The van der Waals surface area contributed by atoms with Crippen molar-refractivity contribution in [3.05, 3.63) is 46.3 Å². The van der Waals surface area contributed by atoms with E-state index in [0.29, 0.717) is 25.6 Å². The number of hydrogen-bond donors (Lipinski definition) is 2. The average molecular weight is 377 g/mol. The molecule has 0 aliphatic heterocycles. The number of methoxy groups -OCH3 is 1. The maximum atomic E-state index is 5.67. The van der Waals surface area contributed by atoms with Gasteiger partial charge >= 0.3 is 0 Å². The highest BCUT2D eigenvalue weighted by Crippen LogP contribution is 2.26. The van der Waals surface area contributed by atoms with Gasteiger partial charge in [-0.25, -0.2) is 4.98 Å². The Morgan fingerprint density at radius 2 is 2.08 bits per heavy atom. The number of thiophene rings is 1. The lowest BCUT2D eigenvalue weighted by Gasteiger charge is -2.25. The molecule has 2 rings (SSSR count). The van der Waals surface area contributed by atoms with Crippen LogP contribution in [0.5, 0.6) is 5.88 Å². The third-order valence-corrected chi connectivity index (χ3v) is 5.17. The second-order valence-corrected chi connectivity index (χ2v) is 7.40. The average Bonchev–Trinajstić information content (AvgIpc) is 3.19. The Labute approximate surface area is 159 Å². The molecule has 0 atom stereocenters. The molecule has 7 heteroatoms. The van der Waals surface area contributed by atoms with Crippen LogP contribution in [-0.2, 0) is 16.7 Å². The third-order valence-electron chi connectivity index (χ3n) is 3.93. The molecular weight excluding hydrogens is 348 g/mol. The quantitative estimate of drug-likeness (QED) is 0.400. The van der Waals surface area contributed by atoms with Crippen LogP contribution in [0.2, 0.25) is 0 Å². The minimum atomic E-state index is 0.0362. The molecule has 0 aromatic carbocycles. The van der Waals surface area contributed by atoms with Crippen LogP contribution in [0.4, 0.5) is 0 Å². The van der Waals surface area contributed by atoms with Gasteiger partial charge < -0.3 is 20.1 Å². The Balaban J connectivity index is 1.89. The van der Waals surface area contributed by atoms with Gasteiger partial charge in [0.05, 0.1) is 6.61 Å². The van der Waals surface area contributed by atoms with E-state index in [0.717, 1.165) is 18.1 Å². The van der Waals surface area contributed by atoms with Gasteiger partial charge in [0, 0.05) is 49.3 Å². The van der Waals surface area contributed by atoms with Gasteiger partial charge in [0.25, 0.3) is 0 Å². The van der Waals surface area contributed by atoms with Crippen molar-refractivity contribution < 1.29 is 9.47 Å². The molecule has 0 fully saturated rings. The Morgan fingerprint density at radius 1 is 1.23 bits per heavy atom. The second-order valence-electron chi connectivity index (χ2n) is 6.45. The molecule has 2 heterocycles. The lowest BCUT2D eigenvalue weighted by Crippen LogP contribution is -2.43. The maximum Gasteiger partial charge on any atom is 0.218 e. The van der Waals surface area contributed by atoms with Crippen LogP contribution in [0, 0.1) is 0 Å². The third kappa shape index (κ3) is 6.00. The Kier molecular flexibility index (Phi) is 7.87. The van der Waals surface area contributed by atoms with E-state index in [1.165, 1.54) is 4.88 Å². The molecule has 26 heavy (non-hydrogen) atoms. The lowest BCUT2D eigenvalue weighted by atomic mass is 9.91. The largest absolute Gasteiger partial charge is 0.475 e. The van der Waals surface area contributed by atoms with Crippen LogP contribution in [0.25, 0.3) is 0 Å². The smallest absolute Gasteiger partial charge is 0.218 e. The SMILES string of the molecule is CN=C(NCc1cccnc1OCCOC)NCC(C)(C)c1cccs1. The Morgan fingerprint density at radius 3 is 2.77 bits per heavy atom. The number of hydrogen-bond acceptors (Lipinski definition) is 5. The summed E-state index contributed by atoms with van der Waals surface area (Å²) in [7, 11) is 3.42. The van der Waals surface area contributed by atoms with Crippen molar-refractivity contribution in [2.75, 3.05) is 33.9 Å². The predicted octanol–water partition coefficient (Wildman–Crippen LogP) is 2.81. The monoisotopic (exact) mass is 376 g/mol. The highest BCUT2D eigenvalue weighted by Gasteiger charge is 2.22. The molecule has 2 aromatic heterocycles. The van der Waals surface area contributed by atoms with Crippen LogP contribution in [0.3, 0.4) is 0 Å². The van der Waals surface area contributed by atoms with Crippen molar-refractivity contribution in [2.24, 2.45) is 4.99 Å². The van der Waals surface area contributed by atoms with Crippen LogP contribution in [-0.4, -0.2) is 44.9 Å². The predicted molar refractivity (Wildman–Crippen MR) is 107 cm³/mol. The van der Waals surface area contributed by atoms with Gasteiger partial charge in [0.2, 0.25) is 5.88 Å². The molecule has 0 radical (unpaired) electrons. The Bertz CT molecular complexity index is 687. The van der Waals surface area contributed by atoms with Gasteiger partial charge in [-0.2, -0.15) is 0 Å². The zero-order chi connectivity index (χ0) is 18.8. The minimum absolute atomic E-state index is 0.0362. The number of nitrogens with zero attached hydrogens (tertiary/aromatic N) is 2. The fourth-order valence-electron chi connectivity index (χ4n) is 2.37. The van der Waals surface area contributed by atoms with E-state index in [1.807, 2.05) is 12.1 Å². The van der Waals surface area contributed by atoms with Gasteiger partial charge in [0.15, 0.2) is 5.96 Å². The molecule has 0 saturated heterocycles. The summed E-state index contributed by atoms with van der Waals surface area (Å²) in [6.45, 7) is 6.82. The zero-order valence-electron chi connectivity index (χ0n) is 15.9. The number of rotatable bonds is 9. The summed E-state index contributed by atoms with van der Waals surface area (Å²) in [4.78, 5) is 9.95. The number of aromatic nitrogens is 1. The Hall–Kier alpha value is -2.12. The van der Waals surface area contributed by atoms with Gasteiger partial charge in [0.1, 0.15) is 6.61 Å². The molecule has 0 bridgehead atoms. The van der Waals surface area contributed by atoms with Crippen LogP contribution >= 0.6 is 11.3 Å². The fraction of sp³-hybridized carbons (Fsp3) is 0.474. The zero-order valence-corrected chi connectivity index (χ0v) is 16.7. The molecule has 0 saturated carbocycles. The van der Waals surface area contributed by atoms with E-state index in [1.54, 1.807) is 31.7 Å². The lowest BCUT2D eigenvalue weighted by molar-refractivity contribution is 0.143. The van der Waals surface area contributed by atoms with Gasteiger partial charge in [-0.15, -0.1) is 11.3 Å². The molecule has 2 N–H and O–H groups in total. The van der Waals surface area contributed by atoms with E-state index < -0.39 is 0 Å². The molecular formula is C19H28N4O2S. The molecule has 6 nitrogen and oxygen atoms in total. The topological polar surface area (TPSA) is 67.8 Å². The number of guanidine groups is 1. The summed E-state index contributed by atoms with van der Waals surface area (Å²) in [6.07, 6.45) is 1.72. The first-order valence-corrected chi connectivity index (χ1v) is 9.49. The summed E-state index contributed by atoms with van der Waals surface area (Å²) >= 11 is 1.78. The number of aliphatic imine (C=N–C) groups is 1. The van der Waals surface area contributed by atoms with E-state index in [-0.39, 0.29) is 5.41 Å². The molecule has 0 unspecified atom stereocenters. The maximum absolute atomic E-state index is 5.67. The highest BCUT2D eigenvalue weighted by molar-refractivity contribution is 7.10. The van der Waals surface area contributed by atoms with E-state index >= 15 is 0 Å². The standard InChI is InChI=1S/C19H28N4O2S/c1-19(2,16-8-6-12-26-16)14-23-18(20-3)22-13-15-7-5-9-21-17(15)25-11-10-24-4/h5-9,12H,10-11,13-14H2,1-4H3,(H2,20,22,23). The summed E-state index contributed by atoms with van der Waals surface area (Å²) in [5.74, 6) is 1.37. The van der Waals surface area contributed by atoms with Gasteiger partial charge in [-0.05, 0) is 17.5 Å². The number of pyridine rings is 1. The first-order valence-electron chi connectivity index (χ1n) is 8.61. The summed E-state index contributed by atoms with van der Waals surface area (Å²) in [6, 6.07) is 8.14. The van der Waals surface area contributed by atoms with Gasteiger partial charge in [-0.1, -0.05) is 26.0 Å². The minimum Gasteiger partial charge on any atom is -0.475 e. The summed E-state index contributed by atoms with van der Waals surface area (Å²) in [5, 5.41) is 8.84. The van der Waals surface area contributed by atoms with E-state index in [9.17, 15) is 0 Å². The van der Waals surface area contributed by atoms with Crippen LogP contribution < -0.4 is 15.4 Å². The van der Waals surface area contributed by atoms with Gasteiger partial charge in [-0.3, -0.25) is 4.99 Å². The summed E-state index contributed by atoms with van der Waals surface area (Å²) < 4.78 is 10.7. The number of nitrogens with one attached hydrogen (secondary N) is 2. The van der Waals surface area contributed by atoms with Crippen molar-refractivity contribution in [2.45, 2.75) is 25.8 Å². The highest BCUT2D eigenvalue weighted by atomic mass is 32.1. The van der Waals surface area contributed by atoms with Crippen molar-refractivity contribution in [3.8, 4) is 5.88 Å². The fourth-order valence-corrected chi connectivity index (χ4v) is 3.22. The van der Waals surface area contributed by atoms with Crippen LogP contribution in [0.15, 0.2) is 40.8 Å². The molecule has 2 aromatic rings. The van der Waals surface area contributed by atoms with Crippen molar-refractivity contribution in [1.29, 1.82) is 0 Å². The number of ether oxygens (including phenoxy) is 2. The molecule has 0 aliphatic rings. The normalized spacial score (nSPS) is 12.1. The van der Waals surface area contributed by atoms with Crippen molar-refractivity contribution >= 4 is 17.3 Å². The van der Waals surface area contributed by atoms with E-state index in [2.05, 4.69) is 52.0 Å². The van der Waals surface area contributed by atoms with E-state index in [4.69, 9.17) is 9.47 Å². The first-order chi connectivity index (χ1) is 12.6. The van der Waals surface area contributed by atoms with Crippen molar-refractivity contribution in [3.63, 3.8) is 0 Å². The molecule has 0 spiro atoms. The second kappa shape index (κ2) is 10.1. The first kappa shape index (κ1) is 20.2. The molecule has 0 amide bonds.